The molecule has 0 spiro atoms. The zero-order valence-corrected chi connectivity index (χ0v) is 17.5. The predicted molar refractivity (Wildman–Crippen MR) is 120 cm³/mol. The Bertz CT molecular complexity index is 1080. The average Bonchev–Trinajstić information content (AvgIpc) is 3.27. The number of benzene rings is 2. The molecule has 0 radical (unpaired) electrons. The molecular weight excluding hydrogens is 422 g/mol. The van der Waals surface area contributed by atoms with Crippen LogP contribution in [0.5, 0.6) is 5.75 Å². The van der Waals surface area contributed by atoms with Gasteiger partial charge in [0.15, 0.2) is 0 Å². The van der Waals surface area contributed by atoms with Crippen molar-refractivity contribution in [2.24, 2.45) is 5.10 Å². The zero-order valence-electron chi connectivity index (χ0n) is 16.0. The topological polar surface area (TPSA) is 79.8 Å². The van der Waals surface area contributed by atoms with Gasteiger partial charge in [0.1, 0.15) is 11.4 Å². The van der Waals surface area contributed by atoms with Crippen LogP contribution in [-0.2, 0) is 4.79 Å². The Morgan fingerprint density at radius 3 is 2.60 bits per heavy atom. The van der Waals surface area contributed by atoms with E-state index in [1.165, 1.54) is 24.7 Å². The fourth-order valence-corrected chi connectivity index (χ4v) is 3.32. The lowest BCUT2D eigenvalue weighted by Gasteiger charge is -2.09. The Kier molecular flexibility index (Phi) is 7.37. The van der Waals surface area contributed by atoms with E-state index in [4.69, 9.17) is 16.3 Å². The predicted octanol–water partition coefficient (Wildman–Crippen LogP) is 4.33. The molecular formula is C22H18ClN3O3S. The number of ether oxygens (including phenoxy) is 1. The van der Waals surface area contributed by atoms with E-state index < -0.39 is 11.8 Å². The fraction of sp³-hybridized carbons (Fsp3) is 0.0455. The van der Waals surface area contributed by atoms with E-state index in [-0.39, 0.29) is 5.70 Å². The van der Waals surface area contributed by atoms with Crippen molar-refractivity contribution >= 4 is 47.0 Å². The quantitative estimate of drug-likeness (QED) is 0.326. The smallest absolute Gasteiger partial charge is 0.287 e. The highest BCUT2D eigenvalue weighted by atomic mass is 35.5. The van der Waals surface area contributed by atoms with Crippen LogP contribution in [0.2, 0.25) is 5.02 Å². The number of nitrogens with one attached hydrogen (secondary N) is 2. The van der Waals surface area contributed by atoms with Crippen LogP contribution in [0.25, 0.3) is 6.08 Å². The van der Waals surface area contributed by atoms with Gasteiger partial charge >= 0.3 is 0 Å². The third-order valence-corrected chi connectivity index (χ3v) is 4.97. The summed E-state index contributed by atoms with van der Waals surface area (Å²) in [6.45, 7) is 0. The number of hydrogen-bond donors (Lipinski definition) is 2. The second kappa shape index (κ2) is 10.4. The van der Waals surface area contributed by atoms with Gasteiger partial charge < -0.3 is 10.1 Å². The van der Waals surface area contributed by atoms with E-state index in [1.807, 2.05) is 23.6 Å². The summed E-state index contributed by atoms with van der Waals surface area (Å²) in [4.78, 5) is 26.0. The number of nitrogens with zero attached hydrogens (tertiary/aromatic N) is 1. The first-order valence-electron chi connectivity index (χ1n) is 8.85. The minimum Gasteiger partial charge on any atom is -0.496 e. The minimum absolute atomic E-state index is 0.0708. The van der Waals surface area contributed by atoms with Gasteiger partial charge in [0.25, 0.3) is 11.8 Å². The highest BCUT2D eigenvalue weighted by Crippen LogP contribution is 2.20. The van der Waals surface area contributed by atoms with E-state index in [0.29, 0.717) is 21.9 Å². The maximum atomic E-state index is 12.7. The molecule has 0 aliphatic heterocycles. The Labute approximate surface area is 182 Å². The van der Waals surface area contributed by atoms with E-state index in [2.05, 4.69) is 15.8 Å². The molecule has 0 saturated heterocycles. The number of halogens is 1. The molecule has 152 valence electrons. The normalized spacial score (nSPS) is 11.3. The van der Waals surface area contributed by atoms with Gasteiger partial charge in [-0.1, -0.05) is 35.9 Å². The van der Waals surface area contributed by atoms with Gasteiger partial charge in [-0.15, -0.1) is 11.3 Å². The summed E-state index contributed by atoms with van der Waals surface area (Å²) >= 11 is 7.44. The van der Waals surface area contributed by atoms with Crippen LogP contribution in [0.3, 0.4) is 0 Å². The summed E-state index contributed by atoms with van der Waals surface area (Å²) < 4.78 is 5.25. The lowest BCUT2D eigenvalue weighted by molar-refractivity contribution is -0.117. The van der Waals surface area contributed by atoms with Crippen molar-refractivity contribution < 1.29 is 14.3 Å². The average molecular weight is 440 g/mol. The summed E-state index contributed by atoms with van der Waals surface area (Å²) in [5.41, 5.74) is 3.53. The molecule has 0 bridgehead atoms. The molecule has 0 saturated carbocycles. The molecule has 1 aromatic heterocycles. The molecule has 0 fully saturated rings. The molecule has 30 heavy (non-hydrogen) atoms. The number of hydrogen-bond acceptors (Lipinski definition) is 5. The van der Waals surface area contributed by atoms with Gasteiger partial charge in [0, 0.05) is 21.0 Å². The third-order valence-electron chi connectivity index (χ3n) is 3.92. The van der Waals surface area contributed by atoms with E-state index in [1.54, 1.807) is 48.5 Å². The molecule has 0 atom stereocenters. The molecule has 2 amide bonds. The van der Waals surface area contributed by atoms with Gasteiger partial charge in [-0.3, -0.25) is 9.59 Å². The van der Waals surface area contributed by atoms with Crippen LogP contribution in [0.1, 0.15) is 20.8 Å². The number of hydrazone groups is 1. The van der Waals surface area contributed by atoms with Crippen LogP contribution in [-0.4, -0.2) is 25.1 Å². The molecule has 2 aromatic carbocycles. The zero-order chi connectivity index (χ0) is 21.3. The monoisotopic (exact) mass is 439 g/mol. The molecule has 1 heterocycles. The highest BCUT2D eigenvalue weighted by molar-refractivity contribution is 7.10. The van der Waals surface area contributed by atoms with Gasteiger partial charge in [-0.05, 0) is 47.9 Å². The van der Waals surface area contributed by atoms with Crippen LogP contribution in [0.4, 0.5) is 0 Å². The Morgan fingerprint density at radius 2 is 1.90 bits per heavy atom. The Morgan fingerprint density at radius 1 is 1.10 bits per heavy atom. The van der Waals surface area contributed by atoms with E-state index in [0.717, 1.165) is 4.88 Å². The van der Waals surface area contributed by atoms with Gasteiger partial charge in [-0.2, -0.15) is 5.10 Å². The number of thiophene rings is 1. The summed E-state index contributed by atoms with van der Waals surface area (Å²) in [6, 6.07) is 17.4. The lowest BCUT2D eigenvalue weighted by Crippen LogP contribution is -2.32. The lowest BCUT2D eigenvalue weighted by atomic mass is 10.2. The standard InChI is InChI=1S/C22H18ClN3O3S/c1-29-20-10-9-17(23)12-16(20)14-24-26-22(28)19(13-18-8-5-11-30-18)25-21(27)15-6-3-2-4-7-15/h2-14H,1H3,(H,25,27)(H,26,28)/b19-13+,24-14-. The Hall–Kier alpha value is -3.42. The maximum absolute atomic E-state index is 12.7. The highest BCUT2D eigenvalue weighted by Gasteiger charge is 2.14. The first-order valence-corrected chi connectivity index (χ1v) is 10.1. The van der Waals surface area contributed by atoms with Gasteiger partial charge in [0.2, 0.25) is 0 Å². The number of carbonyl (C=O) groups is 2. The van der Waals surface area contributed by atoms with Crippen LogP contribution in [0, 0.1) is 0 Å². The summed E-state index contributed by atoms with van der Waals surface area (Å²) in [5.74, 6) is -0.400. The van der Waals surface area contributed by atoms with Gasteiger partial charge in [0.05, 0.1) is 13.3 Å². The molecule has 3 aromatic rings. The second-order valence-corrected chi connectivity index (χ2v) is 7.39. The maximum Gasteiger partial charge on any atom is 0.287 e. The summed E-state index contributed by atoms with van der Waals surface area (Å²) in [7, 11) is 1.53. The van der Waals surface area contributed by atoms with Crippen molar-refractivity contribution in [2.45, 2.75) is 0 Å². The minimum atomic E-state index is -0.565. The molecule has 3 rings (SSSR count). The Balaban J connectivity index is 1.77. The molecule has 0 unspecified atom stereocenters. The van der Waals surface area contributed by atoms with Crippen molar-refractivity contribution in [2.75, 3.05) is 7.11 Å². The number of methoxy groups -OCH3 is 1. The molecule has 2 N–H and O–H groups in total. The SMILES string of the molecule is COc1ccc(Cl)cc1/C=N\NC(=O)/C(=C\c1cccs1)NC(=O)c1ccccc1. The first-order chi connectivity index (χ1) is 14.6. The summed E-state index contributed by atoms with van der Waals surface area (Å²) in [6.07, 6.45) is 3.01. The number of amides is 2. The van der Waals surface area contributed by atoms with Crippen molar-refractivity contribution in [3.8, 4) is 5.75 Å². The summed E-state index contributed by atoms with van der Waals surface area (Å²) in [5, 5.41) is 9.01. The van der Waals surface area contributed by atoms with Crippen molar-refractivity contribution in [3.63, 3.8) is 0 Å². The molecule has 0 aliphatic carbocycles. The van der Waals surface area contributed by atoms with Gasteiger partial charge in [-0.25, -0.2) is 5.43 Å². The second-order valence-electron chi connectivity index (χ2n) is 5.98. The first kappa shape index (κ1) is 21.3. The third kappa shape index (κ3) is 5.79. The van der Waals surface area contributed by atoms with Crippen LogP contribution >= 0.6 is 22.9 Å². The molecule has 0 aliphatic rings. The van der Waals surface area contributed by atoms with Crippen LogP contribution in [0.15, 0.2) is 76.8 Å². The van der Waals surface area contributed by atoms with Crippen LogP contribution < -0.4 is 15.5 Å². The molecule has 8 heteroatoms. The number of rotatable bonds is 7. The van der Waals surface area contributed by atoms with Crippen molar-refractivity contribution in [1.82, 2.24) is 10.7 Å². The van der Waals surface area contributed by atoms with E-state index >= 15 is 0 Å². The number of carbonyl (C=O) groups excluding carboxylic acids is 2. The largest absolute Gasteiger partial charge is 0.496 e. The van der Waals surface area contributed by atoms with E-state index in [9.17, 15) is 9.59 Å². The molecule has 6 nitrogen and oxygen atoms in total. The van der Waals surface area contributed by atoms with Crippen molar-refractivity contribution in [1.29, 1.82) is 0 Å². The van der Waals surface area contributed by atoms with Crippen molar-refractivity contribution in [3.05, 3.63) is 92.8 Å². The fourth-order valence-electron chi connectivity index (χ4n) is 2.48.